The van der Waals surface area contributed by atoms with Crippen LogP contribution in [0.3, 0.4) is 0 Å². The van der Waals surface area contributed by atoms with Gasteiger partial charge in [-0.05, 0) is 29.6 Å². The van der Waals surface area contributed by atoms with Crippen molar-refractivity contribution in [2.24, 2.45) is 0 Å². The van der Waals surface area contributed by atoms with Crippen molar-refractivity contribution in [3.63, 3.8) is 0 Å². The van der Waals surface area contributed by atoms with Gasteiger partial charge in [-0.3, -0.25) is 4.98 Å². The highest BCUT2D eigenvalue weighted by Crippen LogP contribution is 2.31. The molecule has 0 fully saturated rings. The number of nitrogens with one attached hydrogen (secondary N) is 1. The molecule has 2 heterocycles. The lowest BCUT2D eigenvalue weighted by Crippen LogP contribution is -2.11. The third-order valence-electron chi connectivity index (χ3n) is 3.25. The van der Waals surface area contributed by atoms with Gasteiger partial charge in [-0.25, -0.2) is 0 Å². The average Bonchev–Trinajstić information content (AvgIpc) is 2.92. The lowest BCUT2D eigenvalue weighted by atomic mass is 10.00. The van der Waals surface area contributed by atoms with Gasteiger partial charge in [0.15, 0.2) is 0 Å². The number of fused-ring (bicyclic) bond motifs is 1. The monoisotopic (exact) mass is 252 g/mol. The van der Waals surface area contributed by atoms with Gasteiger partial charge in [0.1, 0.15) is 5.76 Å². The van der Waals surface area contributed by atoms with Gasteiger partial charge in [-0.15, -0.1) is 0 Å². The van der Waals surface area contributed by atoms with Crippen LogP contribution in [0.5, 0.6) is 0 Å². The highest BCUT2D eigenvalue weighted by molar-refractivity contribution is 5.96. The summed E-state index contributed by atoms with van der Waals surface area (Å²) in [6.45, 7) is 3.77. The number of hydrogen-bond donors (Lipinski definition) is 1. The third kappa shape index (κ3) is 2.25. The molecule has 3 heteroatoms. The second-order valence-corrected chi connectivity index (χ2v) is 4.44. The molecular formula is C16H16N2O. The number of aromatic nitrogens is 1. The Morgan fingerprint density at radius 2 is 2.11 bits per heavy atom. The second-order valence-electron chi connectivity index (χ2n) is 4.44. The Bertz CT molecular complexity index is 683. The predicted octanol–water partition coefficient (Wildman–Crippen LogP) is 3.60. The smallest absolute Gasteiger partial charge is 0.125 e. The van der Waals surface area contributed by atoms with E-state index in [1.165, 1.54) is 10.9 Å². The summed E-state index contributed by atoms with van der Waals surface area (Å²) >= 11 is 0. The Kier molecular flexibility index (Phi) is 3.29. The molecule has 2 aromatic heterocycles. The molecule has 0 saturated carbocycles. The molecule has 3 aromatic rings. The van der Waals surface area contributed by atoms with Crippen molar-refractivity contribution in [2.75, 3.05) is 6.54 Å². The van der Waals surface area contributed by atoms with E-state index in [9.17, 15) is 0 Å². The van der Waals surface area contributed by atoms with Crippen molar-refractivity contribution in [2.45, 2.75) is 13.5 Å². The topological polar surface area (TPSA) is 38.1 Å². The highest BCUT2D eigenvalue weighted by atomic mass is 16.3. The molecule has 0 aliphatic heterocycles. The quantitative estimate of drug-likeness (QED) is 0.771. The van der Waals surface area contributed by atoms with E-state index in [1.807, 2.05) is 18.5 Å². The van der Waals surface area contributed by atoms with Gasteiger partial charge in [0.05, 0.1) is 12.8 Å². The van der Waals surface area contributed by atoms with E-state index in [-0.39, 0.29) is 0 Å². The first-order chi connectivity index (χ1) is 9.40. The molecule has 3 nitrogen and oxygen atoms in total. The Morgan fingerprint density at radius 3 is 3.00 bits per heavy atom. The van der Waals surface area contributed by atoms with E-state index in [1.54, 1.807) is 6.26 Å². The van der Waals surface area contributed by atoms with Crippen molar-refractivity contribution in [1.82, 2.24) is 10.3 Å². The van der Waals surface area contributed by atoms with Gasteiger partial charge in [-0.1, -0.05) is 25.1 Å². The van der Waals surface area contributed by atoms with Gasteiger partial charge < -0.3 is 9.73 Å². The van der Waals surface area contributed by atoms with Gasteiger partial charge in [0.2, 0.25) is 0 Å². The molecule has 1 aromatic carbocycles. The summed E-state index contributed by atoms with van der Waals surface area (Å²) in [5.41, 5.74) is 2.35. The number of pyridine rings is 1. The molecule has 0 saturated heterocycles. The summed E-state index contributed by atoms with van der Waals surface area (Å²) in [4.78, 5) is 4.17. The largest absolute Gasteiger partial charge is 0.467 e. The normalized spacial score (nSPS) is 11.0. The minimum Gasteiger partial charge on any atom is -0.467 e. The van der Waals surface area contributed by atoms with Crippen molar-refractivity contribution >= 4 is 10.8 Å². The molecule has 0 unspecified atom stereocenters. The Hall–Kier alpha value is -2.13. The molecule has 0 aliphatic carbocycles. The minimum absolute atomic E-state index is 0.750. The summed E-state index contributed by atoms with van der Waals surface area (Å²) in [6.07, 6.45) is 5.47. The molecule has 0 spiro atoms. The maximum atomic E-state index is 5.59. The SMILES string of the molecule is CCNCc1occc1-c1cccc2cnccc12. The summed E-state index contributed by atoms with van der Waals surface area (Å²) in [5.74, 6) is 0.978. The maximum Gasteiger partial charge on any atom is 0.125 e. The van der Waals surface area contributed by atoms with E-state index in [4.69, 9.17) is 4.42 Å². The molecule has 0 atom stereocenters. The van der Waals surface area contributed by atoms with Crippen LogP contribution in [0.15, 0.2) is 53.4 Å². The zero-order chi connectivity index (χ0) is 13.1. The van der Waals surface area contributed by atoms with Crippen molar-refractivity contribution in [1.29, 1.82) is 0 Å². The first kappa shape index (κ1) is 11.9. The van der Waals surface area contributed by atoms with Crippen LogP contribution in [0.4, 0.5) is 0 Å². The van der Waals surface area contributed by atoms with Crippen LogP contribution in [0, 0.1) is 0 Å². The third-order valence-corrected chi connectivity index (χ3v) is 3.25. The standard InChI is InChI=1S/C16H16N2O/c1-2-17-11-16-15(7-9-19-16)14-5-3-4-12-10-18-8-6-13(12)14/h3-10,17H,2,11H2,1H3. The van der Waals surface area contributed by atoms with Crippen LogP contribution >= 0.6 is 0 Å². The summed E-state index contributed by atoms with van der Waals surface area (Å²) in [6, 6.07) is 10.3. The van der Waals surface area contributed by atoms with Crippen LogP contribution in [0.2, 0.25) is 0 Å². The predicted molar refractivity (Wildman–Crippen MR) is 76.8 cm³/mol. The van der Waals surface area contributed by atoms with Crippen LogP contribution in [0.25, 0.3) is 21.9 Å². The van der Waals surface area contributed by atoms with Crippen molar-refractivity contribution in [3.8, 4) is 11.1 Å². The Labute approximate surface area is 112 Å². The molecule has 96 valence electrons. The Balaban J connectivity index is 2.12. The van der Waals surface area contributed by atoms with E-state index in [0.29, 0.717) is 0 Å². The van der Waals surface area contributed by atoms with Crippen molar-refractivity contribution in [3.05, 3.63) is 54.7 Å². The first-order valence-corrected chi connectivity index (χ1v) is 6.50. The number of hydrogen-bond acceptors (Lipinski definition) is 3. The minimum atomic E-state index is 0.750. The average molecular weight is 252 g/mol. The van der Waals surface area contributed by atoms with Crippen LogP contribution in [-0.4, -0.2) is 11.5 Å². The summed E-state index contributed by atoms with van der Waals surface area (Å²) in [5, 5.41) is 5.66. The fourth-order valence-electron chi connectivity index (χ4n) is 2.31. The lowest BCUT2D eigenvalue weighted by molar-refractivity contribution is 0.489. The number of nitrogens with zero attached hydrogens (tertiary/aromatic N) is 1. The molecule has 1 N–H and O–H groups in total. The highest BCUT2D eigenvalue weighted by Gasteiger charge is 2.10. The first-order valence-electron chi connectivity index (χ1n) is 6.50. The summed E-state index contributed by atoms with van der Waals surface area (Å²) < 4.78 is 5.59. The zero-order valence-corrected chi connectivity index (χ0v) is 10.9. The van der Waals surface area contributed by atoms with Crippen LogP contribution in [-0.2, 0) is 6.54 Å². The molecule has 0 radical (unpaired) electrons. The summed E-state index contributed by atoms with van der Waals surface area (Å²) in [7, 11) is 0. The second kappa shape index (κ2) is 5.24. The fraction of sp³-hybridized carbons (Fsp3) is 0.188. The van der Waals surface area contributed by atoms with Gasteiger partial charge in [0, 0.05) is 23.3 Å². The molecular weight excluding hydrogens is 236 g/mol. The molecule has 19 heavy (non-hydrogen) atoms. The van der Waals surface area contributed by atoms with E-state index in [2.05, 4.69) is 41.5 Å². The Morgan fingerprint density at radius 1 is 1.16 bits per heavy atom. The molecule has 0 bridgehead atoms. The molecule has 3 rings (SSSR count). The number of rotatable bonds is 4. The van der Waals surface area contributed by atoms with Gasteiger partial charge >= 0.3 is 0 Å². The van der Waals surface area contributed by atoms with E-state index < -0.39 is 0 Å². The number of furan rings is 1. The van der Waals surface area contributed by atoms with Crippen molar-refractivity contribution < 1.29 is 4.42 Å². The van der Waals surface area contributed by atoms with Gasteiger partial charge in [0.25, 0.3) is 0 Å². The molecule has 0 amide bonds. The fourth-order valence-corrected chi connectivity index (χ4v) is 2.31. The zero-order valence-electron chi connectivity index (χ0n) is 10.9. The van der Waals surface area contributed by atoms with Gasteiger partial charge in [-0.2, -0.15) is 0 Å². The molecule has 0 aliphatic rings. The number of benzene rings is 1. The van der Waals surface area contributed by atoms with Crippen LogP contribution < -0.4 is 5.32 Å². The van der Waals surface area contributed by atoms with Crippen LogP contribution in [0.1, 0.15) is 12.7 Å². The van der Waals surface area contributed by atoms with E-state index >= 15 is 0 Å². The lowest BCUT2D eigenvalue weighted by Gasteiger charge is -2.07. The van der Waals surface area contributed by atoms with E-state index in [0.717, 1.165) is 29.8 Å². The maximum absolute atomic E-state index is 5.59.